The predicted octanol–water partition coefficient (Wildman–Crippen LogP) is 2.91. The zero-order valence-electron chi connectivity index (χ0n) is 7.53. The van der Waals surface area contributed by atoms with E-state index in [2.05, 4.69) is 4.98 Å². The van der Waals surface area contributed by atoms with E-state index in [-0.39, 0.29) is 11.9 Å². The third-order valence-electron chi connectivity index (χ3n) is 1.60. The summed E-state index contributed by atoms with van der Waals surface area (Å²) in [7, 11) is 0. The van der Waals surface area contributed by atoms with Crippen LogP contribution in [0.5, 0.6) is 11.8 Å². The topological polar surface area (TPSA) is 35.3 Å². The third-order valence-corrected chi connectivity index (χ3v) is 1.60. The Morgan fingerprint density at radius 1 is 1.43 bits per heavy atom. The molecule has 0 N–H and O–H groups in total. The van der Waals surface area contributed by atoms with Crippen molar-refractivity contribution in [2.75, 3.05) is 0 Å². The first kappa shape index (κ1) is 8.74. The van der Waals surface area contributed by atoms with Gasteiger partial charge in [-0.15, -0.1) is 0 Å². The van der Waals surface area contributed by atoms with Crippen molar-refractivity contribution >= 4 is 0 Å². The van der Waals surface area contributed by atoms with Crippen molar-refractivity contribution in [3.63, 3.8) is 0 Å². The molecule has 2 rings (SSSR count). The summed E-state index contributed by atoms with van der Waals surface area (Å²) in [5, 5.41) is 0. The summed E-state index contributed by atoms with van der Waals surface area (Å²) >= 11 is 0. The third kappa shape index (κ3) is 1.90. The van der Waals surface area contributed by atoms with Gasteiger partial charge in [0.15, 0.2) is 0 Å². The van der Waals surface area contributed by atoms with Crippen LogP contribution in [0, 0.1) is 12.7 Å². The lowest BCUT2D eigenvalue weighted by Crippen LogP contribution is -1.84. The monoisotopic (exact) mass is 193 g/mol. The number of hydrogen-bond donors (Lipinski definition) is 0. The number of aromatic nitrogens is 1. The van der Waals surface area contributed by atoms with Gasteiger partial charge in [-0.2, -0.15) is 4.98 Å². The molecule has 0 atom stereocenters. The quantitative estimate of drug-likeness (QED) is 0.735. The first-order valence-corrected chi connectivity index (χ1v) is 4.09. The van der Waals surface area contributed by atoms with Gasteiger partial charge >= 0.3 is 6.08 Å². The highest BCUT2D eigenvalue weighted by Gasteiger charge is 2.03. The van der Waals surface area contributed by atoms with E-state index in [1.807, 2.05) is 0 Å². The average Bonchev–Trinajstić information content (AvgIpc) is 2.51. The maximum Gasteiger partial charge on any atom is 0.399 e. The first-order chi connectivity index (χ1) is 6.74. The second kappa shape index (κ2) is 3.49. The number of hydrogen-bond acceptors (Lipinski definition) is 3. The molecular weight excluding hydrogens is 185 g/mol. The summed E-state index contributed by atoms with van der Waals surface area (Å²) in [6, 6.07) is 5.79. The van der Waals surface area contributed by atoms with Crippen LogP contribution in [-0.2, 0) is 0 Å². The van der Waals surface area contributed by atoms with Crippen LogP contribution >= 0.6 is 0 Å². The summed E-state index contributed by atoms with van der Waals surface area (Å²) < 4.78 is 22.9. The van der Waals surface area contributed by atoms with E-state index in [0.717, 1.165) is 5.69 Å². The van der Waals surface area contributed by atoms with Crippen LogP contribution in [0.3, 0.4) is 0 Å². The maximum atomic E-state index is 12.7. The molecule has 1 heterocycles. The van der Waals surface area contributed by atoms with Crippen LogP contribution in [0.25, 0.3) is 0 Å². The van der Waals surface area contributed by atoms with Gasteiger partial charge in [0.25, 0.3) is 0 Å². The van der Waals surface area contributed by atoms with E-state index in [1.54, 1.807) is 19.1 Å². The molecule has 72 valence electrons. The van der Waals surface area contributed by atoms with Crippen molar-refractivity contribution in [2.45, 2.75) is 6.92 Å². The minimum Gasteiger partial charge on any atom is -0.417 e. The van der Waals surface area contributed by atoms with Gasteiger partial charge in [-0.1, -0.05) is 6.07 Å². The van der Waals surface area contributed by atoms with Gasteiger partial charge in [-0.25, -0.2) is 4.39 Å². The van der Waals surface area contributed by atoms with E-state index in [1.165, 1.54) is 18.4 Å². The zero-order valence-corrected chi connectivity index (χ0v) is 7.53. The van der Waals surface area contributed by atoms with Gasteiger partial charge in [0.05, 0.1) is 5.69 Å². The number of nitrogens with zero attached hydrogens (tertiary/aromatic N) is 1. The molecule has 4 heteroatoms. The summed E-state index contributed by atoms with van der Waals surface area (Å²) in [4.78, 5) is 3.92. The van der Waals surface area contributed by atoms with Gasteiger partial charge in [-0.3, -0.25) is 0 Å². The Morgan fingerprint density at radius 2 is 2.29 bits per heavy atom. The van der Waals surface area contributed by atoms with Crippen LogP contribution < -0.4 is 4.74 Å². The number of benzene rings is 1. The van der Waals surface area contributed by atoms with E-state index >= 15 is 0 Å². The number of halogens is 1. The molecule has 0 saturated carbocycles. The second-order valence-electron chi connectivity index (χ2n) is 2.81. The van der Waals surface area contributed by atoms with E-state index in [4.69, 9.17) is 9.15 Å². The van der Waals surface area contributed by atoms with Crippen LogP contribution in [0.1, 0.15) is 5.69 Å². The summed E-state index contributed by atoms with van der Waals surface area (Å²) in [5.41, 5.74) is 0.719. The molecule has 0 saturated heterocycles. The largest absolute Gasteiger partial charge is 0.417 e. The molecule has 2 aromatic rings. The van der Waals surface area contributed by atoms with Crippen molar-refractivity contribution < 1.29 is 13.5 Å². The Hall–Kier alpha value is -1.84. The molecule has 0 unspecified atom stereocenters. The van der Waals surface area contributed by atoms with Crippen molar-refractivity contribution in [1.29, 1.82) is 0 Å². The highest BCUT2D eigenvalue weighted by atomic mass is 19.1. The van der Waals surface area contributed by atoms with Crippen LogP contribution in [-0.4, -0.2) is 4.98 Å². The van der Waals surface area contributed by atoms with Gasteiger partial charge in [0, 0.05) is 6.07 Å². The molecule has 0 amide bonds. The van der Waals surface area contributed by atoms with Crippen molar-refractivity contribution in [3.05, 3.63) is 42.0 Å². The molecule has 0 aliphatic carbocycles. The number of aryl methyl sites for hydroxylation is 1. The summed E-state index contributed by atoms with van der Waals surface area (Å²) in [5.74, 6) is 0.0117. The minimum absolute atomic E-state index is 0.119. The predicted molar refractivity (Wildman–Crippen MR) is 47.7 cm³/mol. The molecule has 0 radical (unpaired) electrons. The fraction of sp³-hybridized carbons (Fsp3) is 0.100. The smallest absolute Gasteiger partial charge is 0.399 e. The first-order valence-electron chi connectivity index (χ1n) is 4.09. The fourth-order valence-corrected chi connectivity index (χ4v) is 1.01. The molecule has 0 aliphatic rings. The molecule has 14 heavy (non-hydrogen) atoms. The summed E-state index contributed by atoms with van der Waals surface area (Å²) in [6.07, 6.45) is 1.59. The van der Waals surface area contributed by atoms with Crippen molar-refractivity contribution in [3.8, 4) is 11.8 Å². The highest BCUT2D eigenvalue weighted by Crippen LogP contribution is 2.20. The molecule has 0 bridgehead atoms. The molecule has 0 spiro atoms. The second-order valence-corrected chi connectivity index (χ2v) is 2.81. The van der Waals surface area contributed by atoms with Crippen LogP contribution in [0.2, 0.25) is 0 Å². The average molecular weight is 193 g/mol. The van der Waals surface area contributed by atoms with Gasteiger partial charge < -0.3 is 9.15 Å². The lowest BCUT2D eigenvalue weighted by molar-refractivity contribution is 0.329. The Bertz CT molecular complexity index is 439. The lowest BCUT2D eigenvalue weighted by Gasteiger charge is -1.99. The molecule has 0 fully saturated rings. The minimum atomic E-state index is -0.356. The van der Waals surface area contributed by atoms with Crippen molar-refractivity contribution in [1.82, 2.24) is 4.98 Å². The van der Waals surface area contributed by atoms with Gasteiger partial charge in [-0.05, 0) is 19.1 Å². The lowest BCUT2D eigenvalue weighted by atomic mass is 10.3. The highest BCUT2D eigenvalue weighted by molar-refractivity contribution is 5.24. The Kier molecular flexibility index (Phi) is 2.18. The molecule has 3 nitrogen and oxygen atoms in total. The van der Waals surface area contributed by atoms with E-state index in [0.29, 0.717) is 5.75 Å². The molecular formula is C10H8FNO2. The number of rotatable bonds is 2. The molecule has 0 aliphatic heterocycles. The number of oxazole rings is 1. The van der Waals surface area contributed by atoms with Crippen molar-refractivity contribution in [2.24, 2.45) is 0 Å². The van der Waals surface area contributed by atoms with E-state index < -0.39 is 0 Å². The Labute approximate surface area is 80.1 Å². The SMILES string of the molecule is Cc1coc(Oc2cccc(F)c2)n1. The zero-order chi connectivity index (χ0) is 9.97. The van der Waals surface area contributed by atoms with Crippen LogP contribution in [0.15, 0.2) is 34.9 Å². The fourth-order valence-electron chi connectivity index (χ4n) is 1.01. The summed E-state index contributed by atoms with van der Waals surface area (Å²) in [6.45, 7) is 1.78. The maximum absolute atomic E-state index is 12.7. The van der Waals surface area contributed by atoms with E-state index in [9.17, 15) is 4.39 Å². The Balaban J connectivity index is 2.18. The Morgan fingerprint density at radius 3 is 2.93 bits per heavy atom. The molecule has 1 aromatic heterocycles. The van der Waals surface area contributed by atoms with Gasteiger partial charge in [0.2, 0.25) is 0 Å². The van der Waals surface area contributed by atoms with Crippen LogP contribution in [0.4, 0.5) is 4.39 Å². The normalized spacial score (nSPS) is 10.1. The van der Waals surface area contributed by atoms with Gasteiger partial charge in [0.1, 0.15) is 17.8 Å². The molecule has 1 aromatic carbocycles. The number of ether oxygens (including phenoxy) is 1. The standard InChI is InChI=1S/C10H8FNO2/c1-7-6-13-10(12-7)14-9-4-2-3-8(11)5-9/h2-6H,1H3.